The molecular weight excluding hydrogens is 432 g/mol. The van der Waals surface area contributed by atoms with Crippen LogP contribution in [-0.2, 0) is 0 Å². The maximum atomic E-state index is 12.6. The van der Waals surface area contributed by atoms with Crippen molar-refractivity contribution in [2.75, 3.05) is 14.2 Å². The molecule has 0 aliphatic carbocycles. The SMILES string of the molecule is COc1ccc(C(=O)Oc2cc(/C=N\NC(=O)c3cccc4ccccc34)ccc2OC)cc1. The largest absolute Gasteiger partial charge is 0.497 e. The molecule has 0 heterocycles. The van der Waals surface area contributed by atoms with Gasteiger partial charge in [-0.3, -0.25) is 4.79 Å². The molecule has 0 unspecified atom stereocenters. The number of carbonyl (C=O) groups is 2. The molecule has 0 radical (unpaired) electrons. The zero-order valence-corrected chi connectivity index (χ0v) is 18.6. The summed E-state index contributed by atoms with van der Waals surface area (Å²) in [6, 6.07) is 24.7. The number of rotatable bonds is 7. The van der Waals surface area contributed by atoms with Gasteiger partial charge in [-0.1, -0.05) is 36.4 Å². The number of amides is 1. The Morgan fingerprint density at radius 3 is 2.35 bits per heavy atom. The summed E-state index contributed by atoms with van der Waals surface area (Å²) in [5, 5.41) is 5.87. The van der Waals surface area contributed by atoms with E-state index in [1.807, 2.05) is 36.4 Å². The van der Waals surface area contributed by atoms with Gasteiger partial charge in [-0.15, -0.1) is 0 Å². The van der Waals surface area contributed by atoms with E-state index in [1.54, 1.807) is 55.6 Å². The number of hydrogen-bond acceptors (Lipinski definition) is 6. The molecule has 7 heteroatoms. The summed E-state index contributed by atoms with van der Waals surface area (Å²) in [5.41, 5.74) is 4.04. The molecule has 7 nitrogen and oxygen atoms in total. The molecule has 4 aromatic rings. The van der Waals surface area contributed by atoms with Gasteiger partial charge in [0.1, 0.15) is 5.75 Å². The molecule has 34 heavy (non-hydrogen) atoms. The highest BCUT2D eigenvalue weighted by atomic mass is 16.6. The molecule has 0 spiro atoms. The second-order valence-electron chi connectivity index (χ2n) is 7.25. The number of esters is 1. The van der Waals surface area contributed by atoms with Crippen LogP contribution in [0.25, 0.3) is 10.8 Å². The zero-order valence-electron chi connectivity index (χ0n) is 18.6. The van der Waals surface area contributed by atoms with Gasteiger partial charge in [0.25, 0.3) is 5.91 Å². The van der Waals surface area contributed by atoms with Crippen molar-refractivity contribution in [3.63, 3.8) is 0 Å². The minimum atomic E-state index is -0.542. The van der Waals surface area contributed by atoms with Crippen LogP contribution in [0.4, 0.5) is 0 Å². The fourth-order valence-electron chi connectivity index (χ4n) is 3.39. The molecule has 0 aromatic heterocycles. The number of ether oxygens (including phenoxy) is 3. The highest BCUT2D eigenvalue weighted by molar-refractivity contribution is 6.07. The average molecular weight is 454 g/mol. The Morgan fingerprint density at radius 1 is 0.824 bits per heavy atom. The number of hydrazone groups is 1. The third-order valence-corrected chi connectivity index (χ3v) is 5.13. The highest BCUT2D eigenvalue weighted by Crippen LogP contribution is 2.28. The summed E-state index contributed by atoms with van der Waals surface area (Å²) in [7, 11) is 3.04. The second kappa shape index (κ2) is 10.3. The van der Waals surface area contributed by atoms with E-state index < -0.39 is 5.97 Å². The van der Waals surface area contributed by atoms with E-state index >= 15 is 0 Å². The lowest BCUT2D eigenvalue weighted by Gasteiger charge is -2.10. The molecule has 170 valence electrons. The van der Waals surface area contributed by atoms with E-state index in [0.717, 1.165) is 10.8 Å². The van der Waals surface area contributed by atoms with Crippen LogP contribution in [0, 0.1) is 0 Å². The first kappa shape index (κ1) is 22.5. The van der Waals surface area contributed by atoms with Crippen LogP contribution in [0.3, 0.4) is 0 Å². The third-order valence-electron chi connectivity index (χ3n) is 5.13. The van der Waals surface area contributed by atoms with Crippen molar-refractivity contribution in [1.82, 2.24) is 5.43 Å². The van der Waals surface area contributed by atoms with Gasteiger partial charge in [-0.25, -0.2) is 10.2 Å². The third kappa shape index (κ3) is 5.05. The van der Waals surface area contributed by atoms with Crippen LogP contribution in [0.2, 0.25) is 0 Å². The van der Waals surface area contributed by atoms with Crippen LogP contribution in [0.5, 0.6) is 17.2 Å². The number of benzene rings is 4. The van der Waals surface area contributed by atoms with Gasteiger partial charge in [0.05, 0.1) is 26.0 Å². The van der Waals surface area contributed by atoms with Gasteiger partial charge >= 0.3 is 5.97 Å². The predicted molar refractivity (Wildman–Crippen MR) is 130 cm³/mol. The lowest BCUT2D eigenvalue weighted by atomic mass is 10.0. The summed E-state index contributed by atoms with van der Waals surface area (Å²) >= 11 is 0. The topological polar surface area (TPSA) is 86.2 Å². The van der Waals surface area contributed by atoms with Crippen molar-refractivity contribution in [2.45, 2.75) is 0 Å². The van der Waals surface area contributed by atoms with Crippen molar-refractivity contribution in [2.24, 2.45) is 5.10 Å². The highest BCUT2D eigenvalue weighted by Gasteiger charge is 2.13. The smallest absolute Gasteiger partial charge is 0.343 e. The van der Waals surface area contributed by atoms with Crippen LogP contribution in [0.15, 0.2) is 90.0 Å². The van der Waals surface area contributed by atoms with Crippen molar-refractivity contribution in [1.29, 1.82) is 0 Å². The lowest BCUT2D eigenvalue weighted by molar-refractivity contribution is 0.0729. The molecule has 4 rings (SSSR count). The molecule has 0 fully saturated rings. The van der Waals surface area contributed by atoms with Gasteiger partial charge in [0.2, 0.25) is 0 Å². The second-order valence-corrected chi connectivity index (χ2v) is 7.25. The van der Waals surface area contributed by atoms with Gasteiger partial charge in [-0.05, 0) is 64.9 Å². The van der Waals surface area contributed by atoms with Crippen LogP contribution in [-0.4, -0.2) is 32.3 Å². The maximum Gasteiger partial charge on any atom is 0.343 e. The molecule has 1 N–H and O–H groups in total. The van der Waals surface area contributed by atoms with Crippen molar-refractivity contribution >= 4 is 28.9 Å². The van der Waals surface area contributed by atoms with Gasteiger partial charge in [0.15, 0.2) is 11.5 Å². The molecule has 4 aromatic carbocycles. The first-order valence-corrected chi connectivity index (χ1v) is 10.4. The van der Waals surface area contributed by atoms with Crippen molar-refractivity contribution in [3.8, 4) is 17.2 Å². The number of carbonyl (C=O) groups excluding carboxylic acids is 2. The molecule has 0 bridgehead atoms. The van der Waals surface area contributed by atoms with Crippen LogP contribution < -0.4 is 19.6 Å². The van der Waals surface area contributed by atoms with Gasteiger partial charge in [0, 0.05) is 5.56 Å². The standard InChI is InChI=1S/C27H22N2O5/c1-32-21-13-11-20(12-14-21)27(31)34-25-16-18(10-15-24(25)33-2)17-28-29-26(30)23-9-5-7-19-6-3-4-8-22(19)23/h3-17H,1-2H3,(H,29,30)/b28-17-. The van der Waals surface area contributed by atoms with Gasteiger partial charge in [-0.2, -0.15) is 5.10 Å². The molecule has 0 saturated carbocycles. The minimum Gasteiger partial charge on any atom is -0.497 e. The molecule has 1 amide bonds. The summed E-state index contributed by atoms with van der Waals surface area (Å²) in [6.45, 7) is 0. The number of nitrogens with one attached hydrogen (secondary N) is 1. The quantitative estimate of drug-likeness (QED) is 0.187. The Bertz CT molecular complexity index is 1360. The van der Waals surface area contributed by atoms with Crippen LogP contribution >= 0.6 is 0 Å². The summed E-state index contributed by atoms with van der Waals surface area (Å²) in [5.74, 6) is 0.386. The molecule has 0 aliphatic heterocycles. The summed E-state index contributed by atoms with van der Waals surface area (Å²) < 4.78 is 15.9. The fraction of sp³-hybridized carbons (Fsp3) is 0.0741. The Morgan fingerprint density at radius 2 is 1.59 bits per heavy atom. The normalized spacial score (nSPS) is 10.8. The number of fused-ring (bicyclic) bond motifs is 1. The fourth-order valence-corrected chi connectivity index (χ4v) is 3.39. The van der Waals surface area contributed by atoms with E-state index in [0.29, 0.717) is 28.2 Å². The number of hydrogen-bond donors (Lipinski definition) is 1. The number of nitrogens with zero attached hydrogens (tertiary/aromatic N) is 1. The molecule has 0 aliphatic rings. The van der Waals surface area contributed by atoms with E-state index in [9.17, 15) is 9.59 Å². The van der Waals surface area contributed by atoms with E-state index in [2.05, 4.69) is 10.5 Å². The monoisotopic (exact) mass is 454 g/mol. The minimum absolute atomic E-state index is 0.229. The predicted octanol–water partition coefficient (Wildman–Crippen LogP) is 4.84. The Kier molecular flexibility index (Phi) is 6.84. The lowest BCUT2D eigenvalue weighted by Crippen LogP contribution is -2.18. The Labute approximate surface area is 196 Å². The van der Waals surface area contributed by atoms with E-state index in [1.165, 1.54) is 13.3 Å². The summed E-state index contributed by atoms with van der Waals surface area (Å²) in [6.07, 6.45) is 1.47. The molecule has 0 saturated heterocycles. The summed E-state index contributed by atoms with van der Waals surface area (Å²) in [4.78, 5) is 25.2. The average Bonchev–Trinajstić information content (AvgIpc) is 2.88. The first-order valence-electron chi connectivity index (χ1n) is 10.4. The first-order chi connectivity index (χ1) is 16.6. The number of methoxy groups -OCH3 is 2. The van der Waals surface area contributed by atoms with Crippen molar-refractivity contribution < 1.29 is 23.8 Å². The Hall–Kier alpha value is -4.65. The zero-order chi connectivity index (χ0) is 23.9. The molecular formula is C27H22N2O5. The van der Waals surface area contributed by atoms with E-state index in [4.69, 9.17) is 14.2 Å². The maximum absolute atomic E-state index is 12.6. The molecule has 0 atom stereocenters. The van der Waals surface area contributed by atoms with Crippen molar-refractivity contribution in [3.05, 3.63) is 102 Å². The van der Waals surface area contributed by atoms with E-state index in [-0.39, 0.29) is 11.7 Å². The van der Waals surface area contributed by atoms with Gasteiger partial charge < -0.3 is 14.2 Å². The Balaban J connectivity index is 1.48. The van der Waals surface area contributed by atoms with Crippen LogP contribution in [0.1, 0.15) is 26.3 Å².